The summed E-state index contributed by atoms with van der Waals surface area (Å²) in [5.74, 6) is -0.0697. The van der Waals surface area contributed by atoms with Gasteiger partial charge in [0.05, 0.1) is 34.6 Å². The number of hydrogen-bond acceptors (Lipinski definition) is 7. The number of piperidine rings is 1. The lowest BCUT2D eigenvalue weighted by Crippen LogP contribution is -2.46. The molecule has 2 aromatic carbocycles. The van der Waals surface area contributed by atoms with Crippen molar-refractivity contribution in [3.63, 3.8) is 0 Å². The number of rotatable bonds is 5. The zero-order chi connectivity index (χ0) is 30.5. The first kappa shape index (κ1) is 29.4. The molecule has 0 spiro atoms. The van der Waals surface area contributed by atoms with Crippen LogP contribution in [0.2, 0.25) is 0 Å². The smallest absolute Gasteiger partial charge is 0.410 e. The lowest BCUT2D eigenvalue weighted by Gasteiger charge is -2.30. The standard InChI is InChI=1S/C32H38FN5O4S/c1-32(2,3)42-31(40)37-13-7-9-25(37)19-10-11-21(23(33)14-19)24-18-38-26-16-27(41-5)22(15-28(26)43-30(38)35-24)29(39)34-20-8-6-12-36(4)17-20/h10-11,14-16,18,20,25H,6-9,12-13,17H2,1-5H3,(H,34,39)/t20-,25?/m0/s1. The minimum absolute atomic E-state index is 0.102. The quantitative estimate of drug-likeness (QED) is 0.288. The average Bonchev–Trinajstić information content (AvgIpc) is 3.66. The molecule has 1 N–H and O–H groups in total. The van der Waals surface area contributed by atoms with Crippen LogP contribution >= 0.6 is 11.3 Å². The van der Waals surface area contributed by atoms with Crippen LogP contribution in [0.3, 0.4) is 0 Å². The van der Waals surface area contributed by atoms with Crippen LogP contribution in [0.5, 0.6) is 5.75 Å². The molecule has 0 radical (unpaired) electrons. The molecule has 43 heavy (non-hydrogen) atoms. The number of imidazole rings is 1. The molecular weight excluding hydrogens is 569 g/mol. The number of likely N-dealkylation sites (tertiary alicyclic amines) is 2. The Hall–Kier alpha value is -3.70. The van der Waals surface area contributed by atoms with Crippen LogP contribution in [0.25, 0.3) is 26.4 Å². The maximum absolute atomic E-state index is 15.6. The van der Waals surface area contributed by atoms with Crippen LogP contribution in [-0.2, 0) is 4.74 Å². The Kier molecular flexibility index (Phi) is 7.80. The van der Waals surface area contributed by atoms with Crippen LogP contribution in [-0.4, -0.2) is 76.6 Å². The van der Waals surface area contributed by atoms with Crippen molar-refractivity contribution in [2.24, 2.45) is 0 Å². The van der Waals surface area contributed by atoms with Crippen molar-refractivity contribution in [3.05, 3.63) is 53.5 Å². The Labute approximate surface area is 254 Å². The van der Waals surface area contributed by atoms with Gasteiger partial charge in [-0.2, -0.15) is 0 Å². The van der Waals surface area contributed by atoms with Crippen molar-refractivity contribution in [1.29, 1.82) is 0 Å². The number of likely N-dealkylation sites (N-methyl/N-ethyl adjacent to an activating group) is 1. The Balaban J connectivity index is 1.26. The van der Waals surface area contributed by atoms with E-state index in [2.05, 4.69) is 17.3 Å². The zero-order valence-corrected chi connectivity index (χ0v) is 26.1. The molecule has 0 saturated carbocycles. The second-order valence-electron chi connectivity index (χ2n) is 12.5. The molecule has 4 heterocycles. The Morgan fingerprint density at radius 2 is 1.91 bits per heavy atom. The number of benzene rings is 2. The fraction of sp³-hybridized carbons (Fsp3) is 0.469. The average molecular weight is 608 g/mol. The molecule has 6 rings (SSSR count). The van der Waals surface area contributed by atoms with Gasteiger partial charge in [-0.1, -0.05) is 17.4 Å². The number of aromatic nitrogens is 2. The lowest BCUT2D eigenvalue weighted by molar-refractivity contribution is 0.0224. The molecule has 0 bridgehead atoms. The van der Waals surface area contributed by atoms with Crippen LogP contribution < -0.4 is 10.1 Å². The van der Waals surface area contributed by atoms with Crippen LogP contribution in [0.4, 0.5) is 9.18 Å². The number of thiazole rings is 1. The molecule has 2 amide bonds. The minimum Gasteiger partial charge on any atom is -0.496 e. The topological polar surface area (TPSA) is 88.4 Å². The predicted octanol–water partition coefficient (Wildman–Crippen LogP) is 6.26. The van der Waals surface area contributed by atoms with E-state index in [-0.39, 0.29) is 24.1 Å². The first-order chi connectivity index (χ1) is 20.5. The molecule has 2 fully saturated rings. The van der Waals surface area contributed by atoms with Gasteiger partial charge in [-0.15, -0.1) is 0 Å². The normalized spacial score (nSPS) is 19.7. The molecule has 228 valence electrons. The molecule has 0 aliphatic carbocycles. The van der Waals surface area contributed by atoms with Gasteiger partial charge in [0.2, 0.25) is 0 Å². The Morgan fingerprint density at radius 3 is 2.63 bits per heavy atom. The second kappa shape index (κ2) is 11.4. The number of amides is 2. The minimum atomic E-state index is -0.596. The van der Waals surface area contributed by atoms with Gasteiger partial charge in [-0.05, 0) is 83.8 Å². The first-order valence-electron chi connectivity index (χ1n) is 14.8. The number of carbonyl (C=O) groups excluding carboxylic acids is 2. The van der Waals surface area contributed by atoms with Gasteiger partial charge in [-0.3, -0.25) is 9.20 Å². The molecule has 2 aliphatic rings. The highest BCUT2D eigenvalue weighted by Gasteiger charge is 2.33. The van der Waals surface area contributed by atoms with Crippen molar-refractivity contribution >= 4 is 38.5 Å². The SMILES string of the molecule is COc1cc2c(cc1C(=O)N[C@H]1CCCN(C)C1)sc1nc(-c3ccc(C4CCCN4C(=O)OC(C)(C)C)cc3F)cn12. The highest BCUT2D eigenvalue weighted by atomic mass is 32.1. The van der Waals surface area contributed by atoms with E-state index in [0.29, 0.717) is 34.1 Å². The second-order valence-corrected chi connectivity index (χ2v) is 13.6. The summed E-state index contributed by atoms with van der Waals surface area (Å²) in [6, 6.07) is 8.67. The third-order valence-electron chi connectivity index (χ3n) is 8.15. The molecule has 4 aromatic rings. The van der Waals surface area contributed by atoms with E-state index in [1.807, 2.05) is 49.6 Å². The van der Waals surface area contributed by atoms with Crippen molar-refractivity contribution < 1.29 is 23.5 Å². The molecule has 2 saturated heterocycles. The summed E-state index contributed by atoms with van der Waals surface area (Å²) in [7, 11) is 3.62. The van der Waals surface area contributed by atoms with Crippen LogP contribution in [0, 0.1) is 5.82 Å². The van der Waals surface area contributed by atoms with Crippen molar-refractivity contribution in [3.8, 4) is 17.0 Å². The van der Waals surface area contributed by atoms with Gasteiger partial charge in [0, 0.05) is 37.0 Å². The maximum atomic E-state index is 15.6. The number of halogens is 1. The van der Waals surface area contributed by atoms with Crippen LogP contribution in [0.1, 0.15) is 68.4 Å². The Morgan fingerprint density at radius 1 is 1.12 bits per heavy atom. The monoisotopic (exact) mass is 607 g/mol. The molecule has 11 heteroatoms. The summed E-state index contributed by atoms with van der Waals surface area (Å²) in [5.41, 5.74) is 2.36. The third-order valence-corrected chi connectivity index (χ3v) is 9.17. The third kappa shape index (κ3) is 5.92. The lowest BCUT2D eigenvalue weighted by atomic mass is 10.0. The summed E-state index contributed by atoms with van der Waals surface area (Å²) >= 11 is 1.44. The summed E-state index contributed by atoms with van der Waals surface area (Å²) in [6.45, 7) is 7.97. The molecule has 2 aliphatic heterocycles. The van der Waals surface area contributed by atoms with Gasteiger partial charge in [-0.25, -0.2) is 14.2 Å². The number of hydrogen-bond donors (Lipinski definition) is 1. The van der Waals surface area contributed by atoms with E-state index in [1.54, 1.807) is 18.1 Å². The largest absolute Gasteiger partial charge is 0.496 e. The fourth-order valence-corrected chi connectivity index (χ4v) is 7.18. The van der Waals surface area contributed by atoms with E-state index in [4.69, 9.17) is 14.5 Å². The van der Waals surface area contributed by atoms with Crippen molar-refractivity contribution in [2.75, 3.05) is 33.8 Å². The number of fused-ring (bicyclic) bond motifs is 3. The predicted molar refractivity (Wildman–Crippen MR) is 165 cm³/mol. The molecule has 2 atom stereocenters. The highest BCUT2D eigenvalue weighted by molar-refractivity contribution is 7.23. The van der Waals surface area contributed by atoms with E-state index >= 15 is 4.39 Å². The Bertz CT molecular complexity index is 1690. The van der Waals surface area contributed by atoms with Gasteiger partial charge in [0.1, 0.15) is 17.2 Å². The van der Waals surface area contributed by atoms with Gasteiger partial charge >= 0.3 is 6.09 Å². The van der Waals surface area contributed by atoms with E-state index in [9.17, 15) is 9.59 Å². The highest BCUT2D eigenvalue weighted by Crippen LogP contribution is 2.37. The summed E-state index contributed by atoms with van der Waals surface area (Å²) < 4.78 is 29.6. The summed E-state index contributed by atoms with van der Waals surface area (Å²) in [4.78, 5) is 35.3. The van der Waals surface area contributed by atoms with Gasteiger partial charge in [0.15, 0.2) is 4.96 Å². The van der Waals surface area contributed by atoms with Crippen LogP contribution in [0.15, 0.2) is 36.5 Å². The maximum Gasteiger partial charge on any atom is 0.410 e. The van der Waals surface area contributed by atoms with E-state index in [0.717, 1.165) is 54.6 Å². The van der Waals surface area contributed by atoms with Gasteiger partial charge in [0.25, 0.3) is 5.91 Å². The molecule has 9 nitrogen and oxygen atoms in total. The number of nitrogens with zero attached hydrogens (tertiary/aromatic N) is 4. The summed E-state index contributed by atoms with van der Waals surface area (Å²) in [6.07, 6.45) is 5.03. The number of nitrogens with one attached hydrogen (secondary N) is 1. The first-order valence-corrected chi connectivity index (χ1v) is 15.6. The number of ether oxygens (including phenoxy) is 2. The zero-order valence-electron chi connectivity index (χ0n) is 25.3. The fourth-order valence-electron chi connectivity index (χ4n) is 6.15. The van der Waals surface area contributed by atoms with E-state index in [1.165, 1.54) is 17.4 Å². The molecule has 2 aromatic heterocycles. The number of carbonyl (C=O) groups is 2. The molecular formula is C32H38FN5O4S. The molecule has 1 unspecified atom stereocenters. The summed E-state index contributed by atoms with van der Waals surface area (Å²) in [5, 5.41) is 3.16. The number of methoxy groups -OCH3 is 1. The van der Waals surface area contributed by atoms with Crippen molar-refractivity contribution in [1.82, 2.24) is 24.5 Å². The van der Waals surface area contributed by atoms with Gasteiger partial charge < -0.3 is 24.6 Å². The van der Waals surface area contributed by atoms with Crippen molar-refractivity contribution in [2.45, 2.75) is 64.1 Å². The van der Waals surface area contributed by atoms with E-state index < -0.39 is 11.4 Å².